The van der Waals surface area contributed by atoms with E-state index < -0.39 is 0 Å². The van der Waals surface area contributed by atoms with Gasteiger partial charge in [0.25, 0.3) is 0 Å². The summed E-state index contributed by atoms with van der Waals surface area (Å²) in [4.78, 5) is 4.52. The summed E-state index contributed by atoms with van der Waals surface area (Å²) in [7, 11) is 0. The Morgan fingerprint density at radius 2 is 2.20 bits per heavy atom. The highest BCUT2D eigenvalue weighted by Gasteiger charge is 2.16. The van der Waals surface area contributed by atoms with Crippen molar-refractivity contribution in [3.8, 4) is 0 Å². The molecule has 1 aliphatic carbocycles. The number of aryl methyl sites for hydroxylation is 1. The molecule has 0 saturated heterocycles. The molecule has 0 amide bonds. The Morgan fingerprint density at radius 3 is 2.95 bits per heavy atom. The average Bonchev–Trinajstić information content (AvgIpc) is 2.97. The third-order valence-corrected chi connectivity index (χ3v) is 4.47. The number of nitrogens with one attached hydrogen (secondary N) is 1. The zero-order chi connectivity index (χ0) is 13.9. The molecule has 1 aliphatic rings. The minimum atomic E-state index is 0.531. The molecule has 0 atom stereocenters. The Kier molecular flexibility index (Phi) is 4.01. The van der Waals surface area contributed by atoms with Crippen molar-refractivity contribution in [2.45, 2.75) is 51.5 Å². The fourth-order valence-corrected chi connectivity index (χ4v) is 3.30. The summed E-state index contributed by atoms with van der Waals surface area (Å²) in [5.74, 6) is 0. The van der Waals surface area contributed by atoms with E-state index in [1.165, 1.54) is 31.2 Å². The summed E-state index contributed by atoms with van der Waals surface area (Å²) in [5, 5.41) is 1.16. The van der Waals surface area contributed by atoms with E-state index in [2.05, 4.69) is 29.5 Å². The largest absolute Gasteiger partial charge is 0.320 e. The maximum atomic E-state index is 5.68. The van der Waals surface area contributed by atoms with Crippen LogP contribution in [0.3, 0.4) is 0 Å². The van der Waals surface area contributed by atoms with Gasteiger partial charge in [-0.2, -0.15) is 0 Å². The van der Waals surface area contributed by atoms with Gasteiger partial charge in [0.2, 0.25) is 0 Å². The van der Waals surface area contributed by atoms with Gasteiger partial charge in [-0.25, -0.2) is 9.66 Å². The number of hydrogen-bond donors (Lipinski definition) is 1. The van der Waals surface area contributed by atoms with Crippen molar-refractivity contribution >= 4 is 23.3 Å². The fourth-order valence-electron chi connectivity index (χ4n) is 3.00. The second kappa shape index (κ2) is 5.92. The molecule has 3 nitrogen and oxygen atoms in total. The van der Waals surface area contributed by atoms with Crippen LogP contribution in [0, 0.1) is 4.64 Å². The van der Waals surface area contributed by atoms with E-state index in [9.17, 15) is 0 Å². The second-order valence-electron chi connectivity index (χ2n) is 5.59. The van der Waals surface area contributed by atoms with E-state index in [-0.39, 0.29) is 0 Å². The molecule has 1 saturated carbocycles. The van der Waals surface area contributed by atoms with Crippen LogP contribution in [0.4, 0.5) is 0 Å². The SMILES string of the molecule is CCCc1cc2cccnc2n(NC2CCCC2)c1=S. The van der Waals surface area contributed by atoms with Crippen molar-refractivity contribution in [2.75, 3.05) is 5.43 Å². The van der Waals surface area contributed by atoms with Crippen LogP contribution in [0.25, 0.3) is 11.0 Å². The van der Waals surface area contributed by atoms with Gasteiger partial charge in [0.15, 0.2) is 5.65 Å². The number of rotatable bonds is 4. The first kappa shape index (κ1) is 13.6. The third kappa shape index (κ3) is 2.57. The molecule has 4 heteroatoms. The molecule has 3 rings (SSSR count). The number of aromatic nitrogens is 2. The standard InChI is InChI=1S/C16H21N3S/c1-2-6-13-11-12-7-5-10-17-15(12)19(16(13)20)18-14-8-3-4-9-14/h5,7,10-11,14,18H,2-4,6,8-9H2,1H3. The highest BCUT2D eigenvalue weighted by molar-refractivity contribution is 7.71. The van der Waals surface area contributed by atoms with Crippen LogP contribution in [0.2, 0.25) is 0 Å². The first-order valence-corrected chi connectivity index (χ1v) is 7.96. The minimum absolute atomic E-state index is 0.531. The van der Waals surface area contributed by atoms with Gasteiger partial charge in [0.05, 0.1) is 0 Å². The van der Waals surface area contributed by atoms with Crippen LogP contribution < -0.4 is 5.43 Å². The molecule has 1 fully saturated rings. The van der Waals surface area contributed by atoms with Crippen LogP contribution in [0.15, 0.2) is 24.4 Å². The molecular weight excluding hydrogens is 266 g/mol. The smallest absolute Gasteiger partial charge is 0.159 e. The van der Waals surface area contributed by atoms with Gasteiger partial charge >= 0.3 is 0 Å². The van der Waals surface area contributed by atoms with Crippen molar-refractivity contribution in [3.63, 3.8) is 0 Å². The van der Waals surface area contributed by atoms with Crippen LogP contribution in [0.5, 0.6) is 0 Å². The zero-order valence-corrected chi connectivity index (χ0v) is 12.7. The Bertz CT molecular complexity index is 656. The first-order valence-electron chi connectivity index (χ1n) is 7.56. The lowest BCUT2D eigenvalue weighted by Crippen LogP contribution is -2.27. The summed E-state index contributed by atoms with van der Waals surface area (Å²) >= 11 is 5.68. The molecule has 0 spiro atoms. The minimum Gasteiger partial charge on any atom is -0.320 e. The fraction of sp³-hybridized carbons (Fsp3) is 0.500. The second-order valence-corrected chi connectivity index (χ2v) is 5.97. The summed E-state index contributed by atoms with van der Waals surface area (Å²) in [6, 6.07) is 6.83. The molecule has 0 bridgehead atoms. The van der Waals surface area contributed by atoms with E-state index in [1.54, 1.807) is 0 Å². The van der Waals surface area contributed by atoms with Gasteiger partial charge in [-0.05, 0) is 43.0 Å². The third-order valence-electron chi connectivity index (χ3n) is 4.02. The lowest BCUT2D eigenvalue weighted by atomic mass is 10.1. The highest BCUT2D eigenvalue weighted by Crippen LogP contribution is 2.21. The van der Waals surface area contributed by atoms with Crippen molar-refractivity contribution in [2.24, 2.45) is 0 Å². The Balaban J connectivity index is 2.10. The first-order chi connectivity index (χ1) is 9.79. The maximum Gasteiger partial charge on any atom is 0.159 e. The number of hydrogen-bond acceptors (Lipinski definition) is 3. The van der Waals surface area contributed by atoms with Crippen LogP contribution in [-0.2, 0) is 6.42 Å². The van der Waals surface area contributed by atoms with Crippen LogP contribution in [-0.4, -0.2) is 15.7 Å². The Morgan fingerprint density at radius 1 is 1.40 bits per heavy atom. The average molecular weight is 287 g/mol. The quantitative estimate of drug-likeness (QED) is 0.855. The lowest BCUT2D eigenvalue weighted by Gasteiger charge is -2.19. The predicted molar refractivity (Wildman–Crippen MR) is 86.2 cm³/mol. The van der Waals surface area contributed by atoms with Gasteiger partial charge in [0, 0.05) is 17.6 Å². The molecule has 0 radical (unpaired) electrons. The molecule has 0 unspecified atom stereocenters. The van der Waals surface area contributed by atoms with Gasteiger partial charge < -0.3 is 5.43 Å². The Hall–Kier alpha value is -1.42. The van der Waals surface area contributed by atoms with Gasteiger partial charge in [-0.1, -0.05) is 38.4 Å². The predicted octanol–water partition coefficient (Wildman–Crippen LogP) is 4.20. The molecule has 0 aromatic carbocycles. The van der Waals surface area contributed by atoms with Crippen molar-refractivity contribution in [3.05, 3.63) is 34.6 Å². The van der Waals surface area contributed by atoms with Gasteiger partial charge in [-0.3, -0.25) is 0 Å². The molecule has 106 valence electrons. The molecule has 2 aromatic rings. The van der Waals surface area contributed by atoms with Crippen LogP contribution in [0.1, 0.15) is 44.6 Å². The number of nitrogens with zero attached hydrogens (tertiary/aromatic N) is 2. The molecule has 0 aliphatic heterocycles. The van der Waals surface area contributed by atoms with E-state index in [4.69, 9.17) is 12.2 Å². The molecule has 2 aromatic heterocycles. The highest BCUT2D eigenvalue weighted by atomic mass is 32.1. The van der Waals surface area contributed by atoms with E-state index >= 15 is 0 Å². The molecule has 20 heavy (non-hydrogen) atoms. The normalized spacial score (nSPS) is 15.8. The van der Waals surface area contributed by atoms with E-state index in [0.29, 0.717) is 6.04 Å². The van der Waals surface area contributed by atoms with E-state index in [1.807, 2.05) is 16.9 Å². The number of pyridine rings is 2. The van der Waals surface area contributed by atoms with Gasteiger partial charge in [0.1, 0.15) is 4.64 Å². The monoisotopic (exact) mass is 287 g/mol. The van der Waals surface area contributed by atoms with Crippen molar-refractivity contribution in [1.82, 2.24) is 9.66 Å². The van der Waals surface area contributed by atoms with Crippen molar-refractivity contribution in [1.29, 1.82) is 0 Å². The zero-order valence-electron chi connectivity index (χ0n) is 11.9. The summed E-state index contributed by atoms with van der Waals surface area (Å²) < 4.78 is 2.94. The molecule has 2 heterocycles. The van der Waals surface area contributed by atoms with Gasteiger partial charge in [-0.15, -0.1) is 0 Å². The molecular formula is C16H21N3S. The molecule has 1 N–H and O–H groups in total. The van der Waals surface area contributed by atoms with Crippen molar-refractivity contribution < 1.29 is 0 Å². The lowest BCUT2D eigenvalue weighted by molar-refractivity contribution is 0.655. The number of fused-ring (bicyclic) bond motifs is 1. The Labute approximate surface area is 125 Å². The summed E-state index contributed by atoms with van der Waals surface area (Å²) in [6.45, 7) is 2.19. The van der Waals surface area contributed by atoms with Crippen LogP contribution >= 0.6 is 12.2 Å². The van der Waals surface area contributed by atoms with E-state index in [0.717, 1.165) is 28.5 Å². The maximum absolute atomic E-state index is 5.68. The summed E-state index contributed by atoms with van der Waals surface area (Å²) in [6.07, 6.45) is 9.05. The topological polar surface area (TPSA) is 29.9 Å². The summed E-state index contributed by atoms with van der Waals surface area (Å²) in [5.41, 5.74) is 5.79.